The number of hydrogen-bond donors (Lipinski definition) is 1. The van der Waals surface area contributed by atoms with Gasteiger partial charge in [0.25, 0.3) is 0 Å². The zero-order valence-electron chi connectivity index (χ0n) is 14.4. The number of aryl methyl sites for hydroxylation is 2. The predicted octanol–water partition coefficient (Wildman–Crippen LogP) is 1.33. The quantitative estimate of drug-likeness (QED) is 0.882. The average Bonchev–Trinajstić information content (AvgIpc) is 2.95. The SMILES string of the molecule is COc1cc(S(=O)(=O)N2C[C@@H]3CCOC[C@]3(CO)C2)c(C)cc1C. The van der Waals surface area contributed by atoms with E-state index in [1.807, 2.05) is 13.0 Å². The molecule has 0 saturated carbocycles. The fourth-order valence-electron chi connectivity index (χ4n) is 3.90. The van der Waals surface area contributed by atoms with Gasteiger partial charge in [-0.15, -0.1) is 0 Å². The molecule has 6 nitrogen and oxygen atoms in total. The number of hydrogen-bond acceptors (Lipinski definition) is 5. The highest BCUT2D eigenvalue weighted by Gasteiger charge is 2.51. The summed E-state index contributed by atoms with van der Waals surface area (Å²) in [5, 5.41) is 9.86. The van der Waals surface area contributed by atoms with Gasteiger partial charge in [0.1, 0.15) is 5.75 Å². The third-order valence-electron chi connectivity index (χ3n) is 5.41. The minimum atomic E-state index is -3.64. The third-order valence-corrected chi connectivity index (χ3v) is 7.36. The van der Waals surface area contributed by atoms with E-state index in [1.165, 1.54) is 11.4 Å². The molecule has 2 atom stereocenters. The van der Waals surface area contributed by atoms with Gasteiger partial charge < -0.3 is 14.6 Å². The van der Waals surface area contributed by atoms with Crippen molar-refractivity contribution in [2.75, 3.05) is 40.0 Å². The highest BCUT2D eigenvalue weighted by atomic mass is 32.2. The van der Waals surface area contributed by atoms with E-state index >= 15 is 0 Å². The second-order valence-corrected chi connectivity index (χ2v) is 8.85. The third kappa shape index (κ3) is 2.73. The van der Waals surface area contributed by atoms with E-state index in [4.69, 9.17) is 9.47 Å². The van der Waals surface area contributed by atoms with Crippen LogP contribution in [0.2, 0.25) is 0 Å². The number of rotatable bonds is 4. The maximum Gasteiger partial charge on any atom is 0.243 e. The molecular weight excluding hydrogens is 330 g/mol. The summed E-state index contributed by atoms with van der Waals surface area (Å²) in [6, 6.07) is 3.43. The number of ether oxygens (including phenoxy) is 2. The van der Waals surface area contributed by atoms with Gasteiger partial charge >= 0.3 is 0 Å². The second kappa shape index (κ2) is 6.29. The number of fused-ring (bicyclic) bond motifs is 1. The standard InChI is InChI=1S/C17H25NO5S/c1-12-6-13(2)16(7-15(12)22-3)24(20,21)18-8-14-4-5-23-11-17(14,9-18)10-19/h6-7,14,19H,4-5,8-11H2,1-3H3/t14-,17+/m0/s1. The van der Waals surface area contributed by atoms with Crippen molar-refractivity contribution in [3.05, 3.63) is 23.3 Å². The zero-order chi connectivity index (χ0) is 17.5. The summed E-state index contributed by atoms with van der Waals surface area (Å²) in [6.45, 7) is 5.40. The van der Waals surface area contributed by atoms with Gasteiger partial charge in [-0.1, -0.05) is 6.07 Å². The van der Waals surface area contributed by atoms with Crippen LogP contribution in [0.25, 0.3) is 0 Å². The van der Waals surface area contributed by atoms with Crippen LogP contribution in [0, 0.1) is 25.2 Å². The van der Waals surface area contributed by atoms with Gasteiger partial charge in [-0.25, -0.2) is 8.42 Å². The van der Waals surface area contributed by atoms with Crippen LogP contribution in [0.1, 0.15) is 17.5 Å². The fraction of sp³-hybridized carbons (Fsp3) is 0.647. The molecule has 7 heteroatoms. The Labute approximate surface area is 143 Å². The van der Waals surface area contributed by atoms with Gasteiger partial charge in [0, 0.05) is 31.2 Å². The van der Waals surface area contributed by atoms with Crippen molar-refractivity contribution in [3.63, 3.8) is 0 Å². The van der Waals surface area contributed by atoms with Gasteiger partial charge in [0.05, 0.1) is 25.2 Å². The number of nitrogens with zero attached hydrogens (tertiary/aromatic N) is 1. The molecule has 2 fully saturated rings. The molecule has 0 radical (unpaired) electrons. The van der Waals surface area contributed by atoms with Crippen molar-refractivity contribution in [3.8, 4) is 5.75 Å². The summed E-state index contributed by atoms with van der Waals surface area (Å²) < 4.78 is 38.7. The van der Waals surface area contributed by atoms with Crippen LogP contribution >= 0.6 is 0 Å². The first kappa shape index (κ1) is 17.7. The molecule has 134 valence electrons. The molecule has 2 aliphatic heterocycles. The van der Waals surface area contributed by atoms with E-state index in [9.17, 15) is 13.5 Å². The molecule has 2 heterocycles. The molecule has 1 aromatic rings. The van der Waals surface area contributed by atoms with Crippen molar-refractivity contribution in [1.82, 2.24) is 4.31 Å². The van der Waals surface area contributed by atoms with Crippen molar-refractivity contribution in [1.29, 1.82) is 0 Å². The Hall–Kier alpha value is -1.15. The summed E-state index contributed by atoms with van der Waals surface area (Å²) in [4.78, 5) is 0.276. The smallest absolute Gasteiger partial charge is 0.243 e. The largest absolute Gasteiger partial charge is 0.496 e. The Morgan fingerprint density at radius 3 is 2.75 bits per heavy atom. The summed E-state index contributed by atoms with van der Waals surface area (Å²) in [6.07, 6.45) is 0.781. The van der Waals surface area contributed by atoms with Crippen LogP contribution < -0.4 is 4.74 Å². The second-order valence-electron chi connectivity index (χ2n) is 6.94. The first-order valence-corrected chi connectivity index (χ1v) is 9.62. The molecule has 0 unspecified atom stereocenters. The zero-order valence-corrected chi connectivity index (χ0v) is 15.2. The lowest BCUT2D eigenvalue weighted by molar-refractivity contribution is -0.0552. The fourth-order valence-corrected chi connectivity index (χ4v) is 5.71. The number of benzene rings is 1. The molecule has 0 aliphatic carbocycles. The number of aliphatic hydroxyl groups excluding tert-OH is 1. The van der Waals surface area contributed by atoms with Crippen molar-refractivity contribution >= 4 is 10.0 Å². The lowest BCUT2D eigenvalue weighted by Gasteiger charge is -2.36. The summed E-state index contributed by atoms with van der Waals surface area (Å²) in [7, 11) is -2.10. The molecule has 3 rings (SSSR count). The van der Waals surface area contributed by atoms with E-state index in [2.05, 4.69) is 0 Å². The molecular formula is C17H25NO5S. The van der Waals surface area contributed by atoms with Crippen LogP contribution in [0.15, 0.2) is 17.0 Å². The Kier molecular flexibility index (Phi) is 4.63. The minimum absolute atomic E-state index is 0.0557. The van der Waals surface area contributed by atoms with Crippen LogP contribution in [-0.2, 0) is 14.8 Å². The number of methoxy groups -OCH3 is 1. The van der Waals surface area contributed by atoms with Gasteiger partial charge in [-0.3, -0.25) is 0 Å². The molecule has 2 saturated heterocycles. The lowest BCUT2D eigenvalue weighted by Crippen LogP contribution is -2.43. The van der Waals surface area contributed by atoms with Crippen LogP contribution in [0.5, 0.6) is 5.75 Å². The molecule has 2 aliphatic rings. The summed E-state index contributed by atoms with van der Waals surface area (Å²) in [5.41, 5.74) is 1.13. The Balaban J connectivity index is 1.97. The van der Waals surface area contributed by atoms with Gasteiger partial charge in [-0.05, 0) is 37.3 Å². The van der Waals surface area contributed by atoms with Crippen LogP contribution in [0.4, 0.5) is 0 Å². The highest BCUT2D eigenvalue weighted by Crippen LogP contribution is 2.43. The normalized spacial score (nSPS) is 27.9. The summed E-state index contributed by atoms with van der Waals surface area (Å²) >= 11 is 0. The topological polar surface area (TPSA) is 76.1 Å². The van der Waals surface area contributed by atoms with Crippen molar-refractivity contribution in [2.45, 2.75) is 25.2 Å². The number of aliphatic hydroxyl groups is 1. The Morgan fingerprint density at radius 1 is 1.38 bits per heavy atom. The molecule has 1 N–H and O–H groups in total. The predicted molar refractivity (Wildman–Crippen MR) is 89.7 cm³/mol. The van der Waals surface area contributed by atoms with E-state index in [0.717, 1.165) is 12.0 Å². The van der Waals surface area contributed by atoms with Crippen LogP contribution in [-0.4, -0.2) is 57.8 Å². The minimum Gasteiger partial charge on any atom is -0.496 e. The monoisotopic (exact) mass is 355 g/mol. The first-order valence-electron chi connectivity index (χ1n) is 8.18. The molecule has 0 aromatic heterocycles. The molecule has 1 aromatic carbocycles. The number of sulfonamides is 1. The molecule has 24 heavy (non-hydrogen) atoms. The molecule has 0 spiro atoms. The van der Waals surface area contributed by atoms with E-state index < -0.39 is 15.4 Å². The van der Waals surface area contributed by atoms with E-state index in [-0.39, 0.29) is 17.4 Å². The maximum absolute atomic E-state index is 13.2. The van der Waals surface area contributed by atoms with E-state index in [0.29, 0.717) is 37.6 Å². The summed E-state index contributed by atoms with van der Waals surface area (Å²) in [5.74, 6) is 0.703. The van der Waals surface area contributed by atoms with Crippen molar-refractivity contribution < 1.29 is 23.0 Å². The van der Waals surface area contributed by atoms with Gasteiger partial charge in [-0.2, -0.15) is 4.31 Å². The van der Waals surface area contributed by atoms with Crippen LogP contribution in [0.3, 0.4) is 0 Å². The highest BCUT2D eigenvalue weighted by molar-refractivity contribution is 7.89. The Morgan fingerprint density at radius 2 is 2.12 bits per heavy atom. The maximum atomic E-state index is 13.2. The molecule has 0 amide bonds. The lowest BCUT2D eigenvalue weighted by atomic mass is 9.76. The van der Waals surface area contributed by atoms with Gasteiger partial charge in [0.15, 0.2) is 0 Å². The Bertz CT molecular complexity index is 733. The van der Waals surface area contributed by atoms with Gasteiger partial charge in [0.2, 0.25) is 10.0 Å². The molecule has 0 bridgehead atoms. The van der Waals surface area contributed by atoms with Crippen molar-refractivity contribution in [2.24, 2.45) is 11.3 Å². The average molecular weight is 355 g/mol. The van der Waals surface area contributed by atoms with E-state index in [1.54, 1.807) is 13.0 Å². The first-order chi connectivity index (χ1) is 11.3.